The van der Waals surface area contributed by atoms with Crippen molar-refractivity contribution in [1.29, 1.82) is 0 Å². The summed E-state index contributed by atoms with van der Waals surface area (Å²) in [6.45, 7) is 13.3. The fraction of sp³-hybridized carbons (Fsp3) is 0.562. The average Bonchev–Trinajstić information content (AvgIpc) is 2.72. The van der Waals surface area contributed by atoms with Crippen LogP contribution in [0.3, 0.4) is 0 Å². The first-order valence-electron chi connectivity index (χ1n) is 6.64. The third-order valence-corrected chi connectivity index (χ3v) is 3.75. The van der Waals surface area contributed by atoms with E-state index in [1.165, 1.54) is 17.1 Å². The molecule has 2 heterocycles. The largest absolute Gasteiger partial charge is 0.358 e. The molecule has 2 nitrogen and oxygen atoms in total. The summed E-state index contributed by atoms with van der Waals surface area (Å²) in [5.74, 6) is 0. The Bertz CT molecular complexity index is 507. The van der Waals surface area contributed by atoms with E-state index in [0.29, 0.717) is 0 Å². The molecule has 0 unspecified atom stereocenters. The molecule has 0 aromatic carbocycles. The summed E-state index contributed by atoms with van der Waals surface area (Å²) in [5, 5.41) is 0. The highest BCUT2D eigenvalue weighted by molar-refractivity contribution is 5.91. The highest BCUT2D eigenvalue weighted by Crippen LogP contribution is 2.35. The molecule has 0 radical (unpaired) electrons. The second-order valence-electron chi connectivity index (χ2n) is 6.97. The fourth-order valence-electron chi connectivity index (χ4n) is 2.18. The van der Waals surface area contributed by atoms with Gasteiger partial charge in [-0.3, -0.25) is 4.99 Å². The van der Waals surface area contributed by atoms with Crippen molar-refractivity contribution in [2.45, 2.75) is 53.4 Å². The van der Waals surface area contributed by atoms with Gasteiger partial charge in [0.1, 0.15) is 0 Å². The van der Waals surface area contributed by atoms with Crippen molar-refractivity contribution in [1.82, 2.24) is 4.98 Å². The number of H-pyrrole nitrogens is 1. The minimum Gasteiger partial charge on any atom is -0.358 e. The summed E-state index contributed by atoms with van der Waals surface area (Å²) in [5.41, 5.74) is 5.23. The third-order valence-electron chi connectivity index (χ3n) is 3.75. The van der Waals surface area contributed by atoms with Gasteiger partial charge in [0, 0.05) is 40.0 Å². The topological polar surface area (TPSA) is 28.1 Å². The Balaban J connectivity index is 2.24. The van der Waals surface area contributed by atoms with E-state index < -0.39 is 0 Å². The molecule has 0 aliphatic carbocycles. The molecule has 2 heteroatoms. The molecular formula is C16H24N2. The minimum atomic E-state index is 0.172. The Hall–Kier alpha value is -1.31. The molecule has 1 aliphatic rings. The molecular weight excluding hydrogens is 220 g/mol. The van der Waals surface area contributed by atoms with Gasteiger partial charge in [-0.15, -0.1) is 0 Å². The van der Waals surface area contributed by atoms with Gasteiger partial charge in [-0.25, -0.2) is 0 Å². The number of rotatable bonds is 1. The van der Waals surface area contributed by atoms with Crippen LogP contribution in [0.4, 0.5) is 0 Å². The van der Waals surface area contributed by atoms with Gasteiger partial charge in [-0.1, -0.05) is 34.6 Å². The van der Waals surface area contributed by atoms with E-state index in [4.69, 9.17) is 0 Å². The number of aromatic nitrogens is 1. The monoisotopic (exact) mass is 244 g/mol. The predicted molar refractivity (Wildman–Crippen MR) is 79.0 cm³/mol. The number of allylic oxidation sites excluding steroid dienone is 1. The van der Waals surface area contributed by atoms with Crippen LogP contribution in [-0.4, -0.2) is 10.7 Å². The second-order valence-corrected chi connectivity index (χ2v) is 6.97. The van der Waals surface area contributed by atoms with Crippen LogP contribution in [0.1, 0.15) is 59.4 Å². The molecule has 0 saturated carbocycles. The lowest BCUT2D eigenvalue weighted by atomic mass is 9.86. The van der Waals surface area contributed by atoms with Crippen LogP contribution in [0.2, 0.25) is 0 Å². The van der Waals surface area contributed by atoms with Crippen LogP contribution >= 0.6 is 0 Å². The quantitative estimate of drug-likeness (QED) is 0.751. The van der Waals surface area contributed by atoms with E-state index >= 15 is 0 Å². The zero-order chi connectivity index (χ0) is 13.6. The van der Waals surface area contributed by atoms with E-state index in [1.54, 1.807) is 0 Å². The van der Waals surface area contributed by atoms with Gasteiger partial charge in [-0.05, 0) is 25.1 Å². The van der Waals surface area contributed by atoms with Crippen LogP contribution in [0.5, 0.6) is 0 Å². The van der Waals surface area contributed by atoms with Crippen molar-refractivity contribution < 1.29 is 0 Å². The van der Waals surface area contributed by atoms with Crippen LogP contribution in [-0.2, 0) is 5.41 Å². The summed E-state index contributed by atoms with van der Waals surface area (Å²) in [6.07, 6.45) is 3.20. The standard InChI is InChI=1S/C16H24N2/c1-11-16(5,6)10-13(17-11)9-12-7-8-14(18-12)15(2,3)4/h7-9,18H,10H2,1-6H3/b13-9-. The number of nitrogens with zero attached hydrogens (tertiary/aromatic N) is 1. The van der Waals surface area contributed by atoms with Crippen molar-refractivity contribution in [2.24, 2.45) is 10.4 Å². The fourth-order valence-corrected chi connectivity index (χ4v) is 2.18. The Morgan fingerprint density at radius 3 is 2.39 bits per heavy atom. The van der Waals surface area contributed by atoms with Crippen LogP contribution < -0.4 is 0 Å². The van der Waals surface area contributed by atoms with Gasteiger partial charge in [0.25, 0.3) is 0 Å². The number of hydrogen-bond donors (Lipinski definition) is 1. The van der Waals surface area contributed by atoms with E-state index in [9.17, 15) is 0 Å². The van der Waals surface area contributed by atoms with Crippen molar-refractivity contribution in [3.8, 4) is 0 Å². The third kappa shape index (κ3) is 2.58. The number of aliphatic imine (C=N–C) groups is 1. The Morgan fingerprint density at radius 1 is 1.28 bits per heavy atom. The van der Waals surface area contributed by atoms with Crippen molar-refractivity contribution in [3.05, 3.63) is 29.2 Å². The van der Waals surface area contributed by atoms with Crippen molar-refractivity contribution in [2.75, 3.05) is 0 Å². The molecule has 0 atom stereocenters. The van der Waals surface area contributed by atoms with E-state index in [2.05, 4.69) is 69.7 Å². The first kappa shape index (κ1) is 13.1. The van der Waals surface area contributed by atoms with E-state index in [-0.39, 0.29) is 10.8 Å². The summed E-state index contributed by atoms with van der Waals surface area (Å²) >= 11 is 0. The molecule has 0 bridgehead atoms. The first-order valence-corrected chi connectivity index (χ1v) is 6.64. The summed E-state index contributed by atoms with van der Waals surface area (Å²) in [7, 11) is 0. The Labute approximate surface area is 110 Å². The predicted octanol–water partition coefficient (Wildman–Crippen LogP) is 4.54. The Kier molecular flexibility index (Phi) is 3.00. The van der Waals surface area contributed by atoms with E-state index in [0.717, 1.165) is 12.1 Å². The zero-order valence-electron chi connectivity index (χ0n) is 12.4. The molecule has 1 aromatic rings. The molecule has 2 rings (SSSR count). The zero-order valence-corrected chi connectivity index (χ0v) is 12.4. The summed E-state index contributed by atoms with van der Waals surface area (Å²) in [6, 6.07) is 4.31. The molecule has 1 N–H and O–H groups in total. The van der Waals surface area contributed by atoms with Crippen LogP contribution in [0, 0.1) is 5.41 Å². The number of nitrogens with one attached hydrogen (secondary N) is 1. The number of hydrogen-bond acceptors (Lipinski definition) is 1. The maximum atomic E-state index is 4.67. The van der Waals surface area contributed by atoms with Gasteiger partial charge in [0.15, 0.2) is 0 Å². The van der Waals surface area contributed by atoms with Gasteiger partial charge in [0.2, 0.25) is 0 Å². The van der Waals surface area contributed by atoms with Crippen LogP contribution in [0.25, 0.3) is 6.08 Å². The van der Waals surface area contributed by atoms with Crippen LogP contribution in [0.15, 0.2) is 22.8 Å². The smallest absolute Gasteiger partial charge is 0.0432 e. The number of aromatic amines is 1. The molecule has 0 amide bonds. The van der Waals surface area contributed by atoms with Gasteiger partial charge in [-0.2, -0.15) is 0 Å². The summed E-state index contributed by atoms with van der Waals surface area (Å²) in [4.78, 5) is 8.14. The lowest BCUT2D eigenvalue weighted by Gasteiger charge is -2.16. The molecule has 0 spiro atoms. The second kappa shape index (κ2) is 4.11. The average molecular weight is 244 g/mol. The maximum absolute atomic E-state index is 4.67. The highest BCUT2D eigenvalue weighted by Gasteiger charge is 2.28. The molecule has 98 valence electrons. The SMILES string of the molecule is CC1=N/C(=C\c2ccc(C(C)(C)C)[nH]2)CC1(C)C. The lowest BCUT2D eigenvalue weighted by Crippen LogP contribution is -2.15. The molecule has 0 fully saturated rings. The minimum absolute atomic E-state index is 0.172. The Morgan fingerprint density at radius 2 is 1.94 bits per heavy atom. The molecule has 1 aromatic heterocycles. The molecule has 18 heavy (non-hydrogen) atoms. The molecule has 1 aliphatic heterocycles. The van der Waals surface area contributed by atoms with Gasteiger partial charge in [0.05, 0.1) is 0 Å². The normalized spacial score (nSPS) is 21.4. The van der Waals surface area contributed by atoms with E-state index in [1.807, 2.05) is 0 Å². The summed E-state index contributed by atoms with van der Waals surface area (Å²) < 4.78 is 0. The van der Waals surface area contributed by atoms with Gasteiger partial charge < -0.3 is 4.98 Å². The van der Waals surface area contributed by atoms with Gasteiger partial charge >= 0.3 is 0 Å². The molecule has 0 saturated heterocycles. The first-order chi connectivity index (χ1) is 8.18. The van der Waals surface area contributed by atoms with Crippen molar-refractivity contribution >= 4 is 11.8 Å². The highest BCUT2D eigenvalue weighted by atomic mass is 14.8. The maximum Gasteiger partial charge on any atom is 0.0432 e. The van der Waals surface area contributed by atoms with Crippen molar-refractivity contribution in [3.63, 3.8) is 0 Å². The lowest BCUT2D eigenvalue weighted by molar-refractivity contribution is 0.540.